The van der Waals surface area contributed by atoms with Crippen molar-refractivity contribution in [3.8, 4) is 0 Å². The average Bonchev–Trinajstić information content (AvgIpc) is 2.58. The highest BCUT2D eigenvalue weighted by atomic mass is 16.5. The van der Waals surface area contributed by atoms with Gasteiger partial charge in [0.25, 0.3) is 0 Å². The van der Waals surface area contributed by atoms with Crippen molar-refractivity contribution in [3.05, 3.63) is 35.4 Å². The number of aryl methyl sites for hydroxylation is 1. The number of ether oxygens (including phenoxy) is 1. The van der Waals surface area contributed by atoms with Gasteiger partial charge < -0.3 is 15.0 Å². The lowest BCUT2D eigenvalue weighted by Crippen LogP contribution is -2.52. The van der Waals surface area contributed by atoms with Crippen molar-refractivity contribution >= 4 is 5.91 Å². The van der Waals surface area contributed by atoms with E-state index >= 15 is 0 Å². The summed E-state index contributed by atoms with van der Waals surface area (Å²) in [5.74, 6) is 0.217. The van der Waals surface area contributed by atoms with Crippen molar-refractivity contribution in [1.29, 1.82) is 0 Å². The van der Waals surface area contributed by atoms with Gasteiger partial charge in [-0.1, -0.05) is 29.8 Å². The Balaban J connectivity index is 1.84. The van der Waals surface area contributed by atoms with Crippen LogP contribution in [0, 0.1) is 6.92 Å². The maximum Gasteiger partial charge on any atom is 0.244 e. The van der Waals surface area contributed by atoms with Gasteiger partial charge in [0.15, 0.2) is 0 Å². The largest absolute Gasteiger partial charge is 0.378 e. The third kappa shape index (κ3) is 3.48. The van der Waals surface area contributed by atoms with Crippen molar-refractivity contribution in [1.82, 2.24) is 15.1 Å². The minimum atomic E-state index is -0.166. The molecule has 5 heteroatoms. The average molecular weight is 303 g/mol. The van der Waals surface area contributed by atoms with Gasteiger partial charge in [-0.2, -0.15) is 0 Å². The highest BCUT2D eigenvalue weighted by molar-refractivity contribution is 5.83. The summed E-state index contributed by atoms with van der Waals surface area (Å²) in [4.78, 5) is 17.4. The van der Waals surface area contributed by atoms with Crippen LogP contribution in [0.25, 0.3) is 0 Å². The van der Waals surface area contributed by atoms with E-state index in [4.69, 9.17) is 4.74 Å². The minimum absolute atomic E-state index is 0.166. The number of hydrogen-bond acceptors (Lipinski definition) is 4. The first-order valence-electron chi connectivity index (χ1n) is 8.13. The van der Waals surface area contributed by atoms with Gasteiger partial charge in [-0.05, 0) is 12.5 Å². The molecule has 0 aliphatic carbocycles. The van der Waals surface area contributed by atoms with Crippen molar-refractivity contribution in [2.75, 3.05) is 52.5 Å². The first kappa shape index (κ1) is 15.5. The van der Waals surface area contributed by atoms with E-state index < -0.39 is 0 Å². The molecule has 120 valence electrons. The molecule has 2 aliphatic heterocycles. The molecule has 3 rings (SSSR count). The lowest BCUT2D eigenvalue weighted by Gasteiger charge is -2.38. The van der Waals surface area contributed by atoms with Crippen molar-refractivity contribution < 1.29 is 9.53 Å². The normalized spacial score (nSPS) is 21.6. The summed E-state index contributed by atoms with van der Waals surface area (Å²) in [6.07, 6.45) is 0. The fourth-order valence-electron chi connectivity index (χ4n) is 3.16. The highest BCUT2D eigenvalue weighted by Gasteiger charge is 2.32. The van der Waals surface area contributed by atoms with Crippen LogP contribution in [0.15, 0.2) is 24.3 Å². The SMILES string of the molecule is Cc1ccc(C(C(=O)N2CCOCC2)N2CCNCC2)cc1. The molecular formula is C17H25N3O2. The molecule has 0 spiro atoms. The standard InChI is InChI=1S/C17H25N3O2/c1-14-2-4-15(5-3-14)16(19-8-6-18-7-9-19)17(21)20-10-12-22-13-11-20/h2-5,16,18H,6-13H2,1H3. The Kier molecular flexibility index (Phi) is 5.08. The first-order chi connectivity index (χ1) is 10.8. The van der Waals surface area contributed by atoms with E-state index in [-0.39, 0.29) is 11.9 Å². The predicted octanol–water partition coefficient (Wildman–Crippen LogP) is 0.800. The topological polar surface area (TPSA) is 44.8 Å². The Hall–Kier alpha value is -1.43. The van der Waals surface area contributed by atoms with Gasteiger partial charge in [-0.3, -0.25) is 9.69 Å². The fourth-order valence-corrected chi connectivity index (χ4v) is 3.16. The van der Waals surface area contributed by atoms with E-state index in [1.165, 1.54) is 5.56 Å². The molecule has 5 nitrogen and oxygen atoms in total. The molecule has 22 heavy (non-hydrogen) atoms. The molecule has 1 unspecified atom stereocenters. The minimum Gasteiger partial charge on any atom is -0.378 e. The molecule has 1 N–H and O–H groups in total. The molecule has 0 aromatic heterocycles. The second kappa shape index (κ2) is 7.22. The van der Waals surface area contributed by atoms with Crippen molar-refractivity contribution in [2.45, 2.75) is 13.0 Å². The molecule has 2 aliphatic rings. The quantitative estimate of drug-likeness (QED) is 0.897. The van der Waals surface area contributed by atoms with Crippen LogP contribution in [-0.2, 0) is 9.53 Å². The van der Waals surface area contributed by atoms with Crippen molar-refractivity contribution in [2.24, 2.45) is 0 Å². The lowest BCUT2D eigenvalue weighted by molar-refractivity contribution is -0.141. The van der Waals surface area contributed by atoms with Crippen LogP contribution in [0.5, 0.6) is 0 Å². The van der Waals surface area contributed by atoms with Crippen molar-refractivity contribution in [3.63, 3.8) is 0 Å². The zero-order valence-corrected chi connectivity index (χ0v) is 13.3. The highest BCUT2D eigenvalue weighted by Crippen LogP contribution is 2.24. The molecule has 1 amide bonds. The molecule has 1 aromatic carbocycles. The number of hydrogen-bond donors (Lipinski definition) is 1. The number of piperazine rings is 1. The Morgan fingerprint density at radius 1 is 1.09 bits per heavy atom. The summed E-state index contributed by atoms with van der Waals surface area (Å²) in [6.45, 7) is 8.48. The van der Waals surface area contributed by atoms with Gasteiger partial charge >= 0.3 is 0 Å². The summed E-state index contributed by atoms with van der Waals surface area (Å²) in [6, 6.07) is 8.22. The van der Waals surface area contributed by atoms with Crippen LogP contribution < -0.4 is 5.32 Å². The van der Waals surface area contributed by atoms with E-state index in [0.29, 0.717) is 26.3 Å². The van der Waals surface area contributed by atoms with E-state index in [9.17, 15) is 4.79 Å². The number of nitrogens with zero attached hydrogens (tertiary/aromatic N) is 2. The summed E-state index contributed by atoms with van der Waals surface area (Å²) in [7, 11) is 0. The van der Waals surface area contributed by atoms with Gasteiger partial charge in [-0.25, -0.2) is 0 Å². The first-order valence-corrected chi connectivity index (χ1v) is 8.13. The van der Waals surface area contributed by atoms with E-state index in [1.807, 2.05) is 4.90 Å². The van der Waals surface area contributed by atoms with E-state index in [1.54, 1.807) is 0 Å². The van der Waals surface area contributed by atoms with E-state index in [0.717, 1.165) is 31.7 Å². The molecular weight excluding hydrogens is 278 g/mol. The number of nitrogens with one attached hydrogen (secondary N) is 1. The fraction of sp³-hybridized carbons (Fsp3) is 0.588. The number of rotatable bonds is 3. The second-order valence-electron chi connectivity index (χ2n) is 6.04. The molecule has 2 saturated heterocycles. The molecule has 0 saturated carbocycles. The Morgan fingerprint density at radius 3 is 2.36 bits per heavy atom. The van der Waals surface area contributed by atoms with Gasteiger partial charge in [0.05, 0.1) is 13.2 Å². The number of morpholine rings is 1. The third-order valence-electron chi connectivity index (χ3n) is 4.47. The zero-order valence-electron chi connectivity index (χ0n) is 13.3. The summed E-state index contributed by atoms with van der Waals surface area (Å²) < 4.78 is 5.38. The molecule has 0 radical (unpaired) electrons. The molecule has 1 atom stereocenters. The van der Waals surface area contributed by atoms with Gasteiger partial charge in [0.1, 0.15) is 6.04 Å². The third-order valence-corrected chi connectivity index (χ3v) is 4.47. The van der Waals surface area contributed by atoms with Crippen LogP contribution in [0.2, 0.25) is 0 Å². The maximum absolute atomic E-state index is 13.1. The summed E-state index contributed by atoms with van der Waals surface area (Å²) in [5.41, 5.74) is 2.32. The van der Waals surface area contributed by atoms with Gasteiger partial charge in [-0.15, -0.1) is 0 Å². The van der Waals surface area contributed by atoms with Crippen LogP contribution in [0.1, 0.15) is 17.2 Å². The van der Waals surface area contributed by atoms with Gasteiger partial charge in [0.2, 0.25) is 5.91 Å². The van der Waals surface area contributed by atoms with Crippen LogP contribution in [0.3, 0.4) is 0 Å². The molecule has 2 fully saturated rings. The maximum atomic E-state index is 13.1. The van der Waals surface area contributed by atoms with Crippen LogP contribution in [-0.4, -0.2) is 68.2 Å². The van der Waals surface area contributed by atoms with Crippen LogP contribution in [0.4, 0.5) is 0 Å². The summed E-state index contributed by atoms with van der Waals surface area (Å²) in [5, 5.41) is 3.36. The number of carbonyl (C=O) groups excluding carboxylic acids is 1. The molecule has 0 bridgehead atoms. The Bertz CT molecular complexity index is 491. The monoisotopic (exact) mass is 303 g/mol. The van der Waals surface area contributed by atoms with E-state index in [2.05, 4.69) is 41.4 Å². The number of amides is 1. The smallest absolute Gasteiger partial charge is 0.244 e. The Morgan fingerprint density at radius 2 is 1.73 bits per heavy atom. The molecule has 2 heterocycles. The Labute approximate surface area is 132 Å². The van der Waals surface area contributed by atoms with Gasteiger partial charge in [0, 0.05) is 39.3 Å². The number of benzene rings is 1. The predicted molar refractivity (Wildman–Crippen MR) is 85.8 cm³/mol. The second-order valence-corrected chi connectivity index (χ2v) is 6.04. The zero-order chi connectivity index (χ0) is 15.4. The lowest BCUT2D eigenvalue weighted by atomic mass is 10.0. The number of carbonyl (C=O) groups is 1. The molecule has 1 aromatic rings. The van der Waals surface area contributed by atoms with Crippen LogP contribution >= 0.6 is 0 Å². The summed E-state index contributed by atoms with van der Waals surface area (Å²) >= 11 is 0.